The molecule has 0 spiro atoms. The second-order valence-corrected chi connectivity index (χ2v) is 18.4. The minimum Gasteiger partial charge on any atom is -0.481 e. The van der Waals surface area contributed by atoms with E-state index < -0.39 is 132 Å². The highest BCUT2D eigenvalue weighted by molar-refractivity contribution is 5.98. The summed E-state index contributed by atoms with van der Waals surface area (Å²) in [5.41, 5.74) is 11.3. The maximum absolute atomic E-state index is 13.6. The molecule has 15 N–H and O–H groups in total. The van der Waals surface area contributed by atoms with Crippen LogP contribution >= 0.6 is 0 Å². The molecule has 0 rings (SSSR count). The number of hydrogen-bond donors (Lipinski definition) is 13. The molecule has 23 heteroatoms. The van der Waals surface area contributed by atoms with Crippen molar-refractivity contribution in [2.24, 2.45) is 35.1 Å². The van der Waals surface area contributed by atoms with Gasteiger partial charge in [0.05, 0.1) is 18.6 Å². The van der Waals surface area contributed by atoms with Crippen molar-refractivity contribution in [3.63, 3.8) is 0 Å². The van der Waals surface area contributed by atoms with Crippen LogP contribution in [0.2, 0.25) is 0 Å². The zero-order valence-corrected chi connectivity index (χ0v) is 40.3. The van der Waals surface area contributed by atoms with Crippen molar-refractivity contribution in [3.8, 4) is 0 Å². The fourth-order valence-electron chi connectivity index (χ4n) is 6.47. The quantitative estimate of drug-likeness (QED) is 0.0338. The molecule has 23 nitrogen and oxygen atoms in total. The topological polar surface area (TPSA) is 380 Å². The van der Waals surface area contributed by atoms with Gasteiger partial charge in [-0.25, -0.2) is 4.79 Å². The first-order valence-corrected chi connectivity index (χ1v) is 22.5. The highest BCUT2D eigenvalue weighted by Gasteiger charge is 2.36. The van der Waals surface area contributed by atoms with Gasteiger partial charge < -0.3 is 69.3 Å². The molecule has 0 aromatic carbocycles. The predicted octanol–water partition coefficient (Wildman–Crippen LogP) is -1.90. The second-order valence-electron chi connectivity index (χ2n) is 18.4. The van der Waals surface area contributed by atoms with Gasteiger partial charge in [0.25, 0.3) is 0 Å². The smallest absolute Gasteiger partial charge is 0.326 e. The van der Waals surface area contributed by atoms with Gasteiger partial charge in [-0.3, -0.25) is 43.2 Å². The molecule has 0 aromatic heterocycles. The molecule has 0 heterocycles. The number of rotatable bonds is 31. The van der Waals surface area contributed by atoms with Crippen molar-refractivity contribution in [2.45, 2.75) is 182 Å². The molecule has 8 amide bonds. The van der Waals surface area contributed by atoms with Crippen LogP contribution in [0.25, 0.3) is 0 Å². The number of hydrogen-bond acceptors (Lipinski definition) is 13. The lowest BCUT2D eigenvalue weighted by Crippen LogP contribution is -2.62. The minimum absolute atomic E-state index is 0.0353. The summed E-state index contributed by atoms with van der Waals surface area (Å²) in [5, 5.41) is 49.5. The molecule has 0 aromatic rings. The van der Waals surface area contributed by atoms with Crippen molar-refractivity contribution < 1.29 is 63.3 Å². The monoisotopic (exact) mass is 943 g/mol. The Morgan fingerprint density at radius 3 is 1.27 bits per heavy atom. The molecular weight excluding hydrogens is 865 g/mol. The Morgan fingerprint density at radius 1 is 0.455 bits per heavy atom. The summed E-state index contributed by atoms with van der Waals surface area (Å²) in [6.45, 7) is 18.0. The van der Waals surface area contributed by atoms with Gasteiger partial charge in [0, 0.05) is 0 Å². The number of unbranched alkanes of at least 4 members (excludes halogenated alkanes) is 1. The van der Waals surface area contributed by atoms with Gasteiger partial charge in [-0.05, 0) is 89.5 Å². The van der Waals surface area contributed by atoms with E-state index >= 15 is 0 Å². The van der Waals surface area contributed by atoms with Crippen molar-refractivity contribution >= 4 is 59.2 Å². The van der Waals surface area contributed by atoms with E-state index in [0.29, 0.717) is 12.8 Å². The number of carboxylic acid groups (broad SMARTS) is 2. The van der Waals surface area contributed by atoms with Crippen LogP contribution in [-0.2, 0) is 47.9 Å². The standard InChI is InChI=1S/C43H78N10O13/c1-20(2)16-28(48-35(57)24(9)45)38(60)49-30(19-32(55)56)40(62)47-27(14-12-13-15-44)37(59)46-25(10)36(58)53-34(26(11)54)42(64)52-33(23(7)8)41(63)50-29(17-21(3)4)39(61)51-31(43(65)66)18-22(5)6/h20-31,33-34,54H,12-19,44-45H2,1-11H3,(H,46,59)(H,47,62)(H,48,57)(H,49,60)(H,50,63)(H,51,61)(H,52,64)(H,53,58)(H,55,56)(H,65,66)/t24-,25-,26+,27-,28-,29-,30-,31-,33-,34-/m0/s1. The Balaban J connectivity index is 6.22. The van der Waals surface area contributed by atoms with Gasteiger partial charge in [0.15, 0.2) is 0 Å². The first-order valence-electron chi connectivity index (χ1n) is 22.5. The number of nitrogens with two attached hydrogens (primary N) is 2. The lowest BCUT2D eigenvalue weighted by atomic mass is 9.98. The summed E-state index contributed by atoms with van der Waals surface area (Å²) in [6.07, 6.45) is -1.37. The van der Waals surface area contributed by atoms with Crippen LogP contribution in [0.4, 0.5) is 0 Å². The zero-order chi connectivity index (χ0) is 51.2. The summed E-state index contributed by atoms with van der Waals surface area (Å²) in [4.78, 5) is 130. The third-order valence-electron chi connectivity index (χ3n) is 10.1. The van der Waals surface area contributed by atoms with Crippen LogP contribution in [-0.4, -0.2) is 142 Å². The van der Waals surface area contributed by atoms with Gasteiger partial charge in [0.2, 0.25) is 47.3 Å². The zero-order valence-electron chi connectivity index (χ0n) is 40.3. The highest BCUT2D eigenvalue weighted by Crippen LogP contribution is 2.12. The minimum atomic E-state index is -1.71. The normalized spacial score (nSPS) is 16.0. The fourth-order valence-corrected chi connectivity index (χ4v) is 6.47. The SMILES string of the molecule is CC(C)C[C@H](NC(=O)[C@H](CC(C)C)NC(=O)[C@@H](NC(=O)[C@@H](NC(=O)[C@H](C)NC(=O)[C@H](CCCCN)NC(=O)[C@H](CC(=O)O)NC(=O)[C@H](CC(C)C)NC(=O)[C@H](C)N)[C@@H](C)O)C(C)C)C(=O)O. The summed E-state index contributed by atoms with van der Waals surface area (Å²) in [6, 6.07) is -12.0. The van der Waals surface area contributed by atoms with E-state index in [1.807, 2.05) is 0 Å². The Bertz CT molecular complexity index is 1660. The van der Waals surface area contributed by atoms with Gasteiger partial charge in [-0.2, -0.15) is 0 Å². The number of aliphatic hydroxyl groups excluding tert-OH is 1. The number of carboxylic acids is 2. The van der Waals surface area contributed by atoms with Crippen molar-refractivity contribution in [1.82, 2.24) is 42.5 Å². The number of carbonyl (C=O) groups is 10. The van der Waals surface area contributed by atoms with Crippen LogP contribution < -0.4 is 54.0 Å². The van der Waals surface area contributed by atoms with E-state index in [-0.39, 0.29) is 50.0 Å². The van der Waals surface area contributed by atoms with Crippen LogP contribution in [0, 0.1) is 23.7 Å². The number of aliphatic hydroxyl groups is 1. The van der Waals surface area contributed by atoms with Crippen molar-refractivity contribution in [3.05, 3.63) is 0 Å². The van der Waals surface area contributed by atoms with Crippen LogP contribution in [0.3, 0.4) is 0 Å². The Hall–Kier alpha value is -5.42. The Labute approximate surface area is 387 Å². The molecule has 378 valence electrons. The molecule has 0 radical (unpaired) electrons. The summed E-state index contributed by atoms with van der Waals surface area (Å²) >= 11 is 0. The predicted molar refractivity (Wildman–Crippen MR) is 242 cm³/mol. The molecule has 0 unspecified atom stereocenters. The van der Waals surface area contributed by atoms with E-state index in [4.69, 9.17) is 11.5 Å². The van der Waals surface area contributed by atoms with Crippen LogP contribution in [0.15, 0.2) is 0 Å². The molecule has 0 fully saturated rings. The summed E-state index contributed by atoms with van der Waals surface area (Å²) in [5.74, 6) is -10.6. The molecule has 0 aliphatic heterocycles. The molecule has 0 bridgehead atoms. The molecule has 0 saturated heterocycles. The van der Waals surface area contributed by atoms with Crippen molar-refractivity contribution in [2.75, 3.05) is 6.54 Å². The largest absolute Gasteiger partial charge is 0.481 e. The highest BCUT2D eigenvalue weighted by atomic mass is 16.4. The number of amides is 8. The van der Waals surface area contributed by atoms with E-state index in [1.54, 1.807) is 55.4 Å². The molecule has 0 aliphatic carbocycles. The van der Waals surface area contributed by atoms with E-state index in [2.05, 4.69) is 42.5 Å². The van der Waals surface area contributed by atoms with E-state index in [0.717, 1.165) is 0 Å². The maximum Gasteiger partial charge on any atom is 0.326 e. The average molecular weight is 943 g/mol. The fraction of sp³-hybridized carbons (Fsp3) is 0.767. The van der Waals surface area contributed by atoms with Crippen molar-refractivity contribution in [1.29, 1.82) is 0 Å². The van der Waals surface area contributed by atoms with Gasteiger partial charge in [-0.1, -0.05) is 55.4 Å². The first kappa shape index (κ1) is 60.6. The molecule has 66 heavy (non-hydrogen) atoms. The number of carbonyl (C=O) groups excluding carboxylic acids is 8. The first-order chi connectivity index (χ1) is 30.5. The number of nitrogens with one attached hydrogen (secondary N) is 8. The molecule has 0 saturated carbocycles. The lowest BCUT2D eigenvalue weighted by Gasteiger charge is -2.29. The van der Waals surface area contributed by atoms with E-state index in [1.165, 1.54) is 20.8 Å². The van der Waals surface area contributed by atoms with Gasteiger partial charge in [0.1, 0.15) is 48.3 Å². The Kier molecular flexibility index (Phi) is 27.5. The maximum atomic E-state index is 13.6. The summed E-state index contributed by atoms with van der Waals surface area (Å²) in [7, 11) is 0. The van der Waals surface area contributed by atoms with Crippen LogP contribution in [0.5, 0.6) is 0 Å². The van der Waals surface area contributed by atoms with Crippen LogP contribution in [0.1, 0.15) is 121 Å². The molecule has 10 atom stereocenters. The Morgan fingerprint density at radius 2 is 0.848 bits per heavy atom. The van der Waals surface area contributed by atoms with Gasteiger partial charge in [-0.15, -0.1) is 0 Å². The molecule has 0 aliphatic rings. The third kappa shape index (κ3) is 23.2. The third-order valence-corrected chi connectivity index (χ3v) is 10.1. The summed E-state index contributed by atoms with van der Waals surface area (Å²) < 4.78 is 0. The van der Waals surface area contributed by atoms with Gasteiger partial charge >= 0.3 is 11.9 Å². The van der Waals surface area contributed by atoms with E-state index in [9.17, 15) is 63.3 Å². The second kappa shape index (κ2) is 30.0. The number of aliphatic carboxylic acids is 2. The average Bonchev–Trinajstić information content (AvgIpc) is 3.18. The lowest BCUT2D eigenvalue weighted by molar-refractivity contribution is -0.143. The molecular formula is C43H78N10O13.